The number of rotatable bonds is 21. The van der Waals surface area contributed by atoms with Gasteiger partial charge in [0.05, 0.1) is 7.11 Å². The summed E-state index contributed by atoms with van der Waals surface area (Å²) in [5.74, 6) is -1.42. The lowest BCUT2D eigenvalue weighted by Crippen LogP contribution is -2.33. The molecule has 0 bridgehead atoms. The van der Waals surface area contributed by atoms with Crippen LogP contribution in [-0.4, -0.2) is 34.9 Å². The van der Waals surface area contributed by atoms with E-state index in [1.165, 1.54) is 84.2 Å². The first-order valence-corrected chi connectivity index (χ1v) is 19.1. The number of allylic oxidation sites excluding steroid dienone is 4. The zero-order chi connectivity index (χ0) is 36.0. The molecule has 49 heavy (non-hydrogen) atoms. The summed E-state index contributed by atoms with van der Waals surface area (Å²) in [4.78, 5) is 39.8. The Hall–Kier alpha value is -3.09. The van der Waals surface area contributed by atoms with E-state index < -0.39 is 16.7 Å². The van der Waals surface area contributed by atoms with Gasteiger partial charge in [-0.2, -0.15) is 0 Å². The van der Waals surface area contributed by atoms with E-state index in [1.54, 1.807) is 18.2 Å². The lowest BCUT2D eigenvalue weighted by atomic mass is 9.67. The van der Waals surface area contributed by atoms with Crippen molar-refractivity contribution in [3.63, 3.8) is 0 Å². The maximum atomic E-state index is 13.5. The molecule has 1 aromatic carbocycles. The molecule has 0 amide bonds. The van der Waals surface area contributed by atoms with Gasteiger partial charge in [-0.3, -0.25) is 14.4 Å². The molecular weight excluding hydrogens is 616 g/mol. The maximum absolute atomic E-state index is 13.5. The molecule has 7 nitrogen and oxygen atoms in total. The Morgan fingerprint density at radius 1 is 0.673 bits per heavy atom. The van der Waals surface area contributed by atoms with Gasteiger partial charge in [-0.1, -0.05) is 131 Å². The van der Waals surface area contributed by atoms with E-state index in [9.17, 15) is 24.6 Å². The molecule has 2 N–H and O–H groups in total. The van der Waals surface area contributed by atoms with Crippen LogP contribution >= 0.6 is 0 Å². The summed E-state index contributed by atoms with van der Waals surface area (Å²) in [6.45, 7) is 9.94. The highest BCUT2D eigenvalue weighted by molar-refractivity contribution is 6.05. The van der Waals surface area contributed by atoms with Gasteiger partial charge in [0.1, 0.15) is 11.5 Å². The first-order valence-electron chi connectivity index (χ1n) is 19.1. The van der Waals surface area contributed by atoms with Gasteiger partial charge in [-0.15, -0.1) is 0 Å². The Kier molecular flexibility index (Phi) is 15.9. The molecule has 7 heteroatoms. The topological polar surface area (TPSA) is 110 Å². The highest BCUT2D eigenvalue weighted by Crippen LogP contribution is 2.49. The van der Waals surface area contributed by atoms with Gasteiger partial charge < -0.3 is 19.7 Å². The van der Waals surface area contributed by atoms with Crippen molar-refractivity contribution in [2.45, 2.75) is 169 Å². The van der Waals surface area contributed by atoms with E-state index in [-0.39, 0.29) is 77.4 Å². The lowest BCUT2D eigenvalue weighted by molar-refractivity contribution is -0.134. The number of carbonyl (C=O) groups excluding carboxylic acids is 3. The average Bonchev–Trinajstić information content (AvgIpc) is 3.00. The molecule has 0 radical (unpaired) electrons. The molecule has 3 rings (SSSR count). The molecule has 0 fully saturated rings. The van der Waals surface area contributed by atoms with E-state index in [2.05, 4.69) is 6.92 Å². The van der Waals surface area contributed by atoms with Crippen LogP contribution in [0.25, 0.3) is 0 Å². The molecule has 0 aliphatic heterocycles. The summed E-state index contributed by atoms with van der Waals surface area (Å²) in [6, 6.07) is 4.93. The number of hydrogen-bond donors (Lipinski definition) is 2. The fourth-order valence-corrected chi connectivity index (χ4v) is 7.50. The number of ketones is 2. The van der Waals surface area contributed by atoms with E-state index in [0.717, 1.165) is 19.3 Å². The monoisotopic (exact) mass is 680 g/mol. The summed E-state index contributed by atoms with van der Waals surface area (Å²) in [5.41, 5.74) is -0.0785. The lowest BCUT2D eigenvalue weighted by Gasteiger charge is -2.36. The smallest absolute Gasteiger partial charge is 0.311 e. The van der Waals surface area contributed by atoms with Crippen molar-refractivity contribution < 1.29 is 34.1 Å². The molecule has 0 aromatic heterocycles. The molecule has 2 aliphatic carbocycles. The Bertz CT molecular complexity index is 1280. The third-order valence-corrected chi connectivity index (χ3v) is 10.1. The van der Waals surface area contributed by atoms with E-state index in [4.69, 9.17) is 9.47 Å². The zero-order valence-electron chi connectivity index (χ0n) is 31.4. The molecule has 2 aliphatic rings. The highest BCUT2D eigenvalue weighted by atomic mass is 16.6. The Morgan fingerprint density at radius 2 is 1.10 bits per heavy atom. The molecule has 1 aromatic rings. The molecule has 0 saturated heterocycles. The number of methoxy groups -OCH3 is 1. The number of esters is 1. The minimum atomic E-state index is -0.967. The number of aliphatic hydroxyl groups is 2. The van der Waals surface area contributed by atoms with Gasteiger partial charge in [0.2, 0.25) is 0 Å². The number of ether oxygens (including phenoxy) is 2. The maximum Gasteiger partial charge on any atom is 0.311 e. The quantitative estimate of drug-likeness (QED) is 0.0755. The van der Waals surface area contributed by atoms with Crippen molar-refractivity contribution in [1.29, 1.82) is 0 Å². The fourth-order valence-electron chi connectivity index (χ4n) is 7.50. The van der Waals surface area contributed by atoms with Crippen LogP contribution in [-0.2, 0) is 14.4 Å². The number of aliphatic hydroxyl groups excluding tert-OH is 2. The predicted octanol–water partition coefficient (Wildman–Crippen LogP) is 11.3. The summed E-state index contributed by atoms with van der Waals surface area (Å²) < 4.78 is 11.3. The fraction of sp³-hybridized carbons (Fsp3) is 0.690. The van der Waals surface area contributed by atoms with Crippen LogP contribution < -0.4 is 9.47 Å². The average molecular weight is 681 g/mol. The minimum absolute atomic E-state index is 0.0675. The molecule has 0 spiro atoms. The molecular formula is C42H64O7. The molecule has 0 heterocycles. The largest absolute Gasteiger partial charge is 0.512 e. The summed E-state index contributed by atoms with van der Waals surface area (Å²) in [5, 5.41) is 22.4. The van der Waals surface area contributed by atoms with Crippen LogP contribution in [0, 0.1) is 10.8 Å². The van der Waals surface area contributed by atoms with Crippen molar-refractivity contribution in [2.24, 2.45) is 10.8 Å². The number of unbranched alkanes of at least 4 members (excludes halogenated alkanes) is 14. The summed E-state index contributed by atoms with van der Waals surface area (Å²) in [7, 11) is 1.47. The highest BCUT2D eigenvalue weighted by Gasteiger charge is 2.43. The van der Waals surface area contributed by atoms with Crippen LogP contribution in [0.15, 0.2) is 40.9 Å². The third-order valence-electron chi connectivity index (χ3n) is 10.1. The second kappa shape index (κ2) is 19.3. The number of Topliss-reactive ketones (excluding diaryl/α,β-unsaturated/α-hetero) is 2. The van der Waals surface area contributed by atoms with Gasteiger partial charge in [0.25, 0.3) is 0 Å². The van der Waals surface area contributed by atoms with E-state index in [1.807, 2.05) is 27.7 Å². The first kappa shape index (κ1) is 40.3. The van der Waals surface area contributed by atoms with Gasteiger partial charge in [-0.05, 0) is 34.9 Å². The second-order valence-electron chi connectivity index (χ2n) is 16.1. The van der Waals surface area contributed by atoms with Crippen LogP contribution in [0.2, 0.25) is 0 Å². The summed E-state index contributed by atoms with van der Waals surface area (Å²) >= 11 is 0. The van der Waals surface area contributed by atoms with Crippen molar-refractivity contribution in [2.75, 3.05) is 7.11 Å². The number of carbonyl (C=O) groups is 3. The van der Waals surface area contributed by atoms with Crippen molar-refractivity contribution >= 4 is 17.5 Å². The Morgan fingerprint density at radius 3 is 1.51 bits per heavy atom. The van der Waals surface area contributed by atoms with Crippen molar-refractivity contribution in [3.8, 4) is 11.5 Å². The van der Waals surface area contributed by atoms with Crippen LogP contribution in [0.5, 0.6) is 11.5 Å². The Balaban J connectivity index is 1.57. The number of hydrogen-bond acceptors (Lipinski definition) is 7. The van der Waals surface area contributed by atoms with Gasteiger partial charge in [0.15, 0.2) is 23.1 Å². The Labute approximate surface area is 295 Å². The van der Waals surface area contributed by atoms with E-state index in [0.29, 0.717) is 12.0 Å². The van der Waals surface area contributed by atoms with Crippen LogP contribution in [0.1, 0.15) is 175 Å². The van der Waals surface area contributed by atoms with Gasteiger partial charge in [0, 0.05) is 49.2 Å². The van der Waals surface area contributed by atoms with Crippen molar-refractivity contribution in [3.05, 3.63) is 46.4 Å². The SMILES string of the molecule is CCCCCCCCCCCCCCCCCC(=O)Oc1ccc(C(C2=C(O)CC(C)(C)CC2=O)C2=C(O)CC(C)(C)CC2=O)cc1OC. The predicted molar refractivity (Wildman–Crippen MR) is 196 cm³/mol. The minimum Gasteiger partial charge on any atom is -0.512 e. The standard InChI is InChI=1S/C42H64O7/c1-7-8-9-10-11-12-13-14-15-16-17-18-19-20-21-22-37(47)49-35-24-23-30(25-36(35)48-6)38(39-31(43)26-41(2,3)27-32(39)44)40-33(45)28-42(4,5)29-34(40)46/h23-25,38,43,45H,7-22,26-29H2,1-6H3. The van der Waals surface area contributed by atoms with Gasteiger partial charge >= 0.3 is 5.97 Å². The van der Waals surface area contributed by atoms with Gasteiger partial charge in [-0.25, -0.2) is 0 Å². The number of benzene rings is 1. The second-order valence-corrected chi connectivity index (χ2v) is 16.1. The molecule has 274 valence electrons. The van der Waals surface area contributed by atoms with E-state index >= 15 is 0 Å². The third kappa shape index (κ3) is 12.6. The van der Waals surface area contributed by atoms with Crippen molar-refractivity contribution in [1.82, 2.24) is 0 Å². The molecule has 0 unspecified atom stereocenters. The normalized spacial score (nSPS) is 17.6. The van der Waals surface area contributed by atoms with Crippen LogP contribution in [0.3, 0.4) is 0 Å². The summed E-state index contributed by atoms with van der Waals surface area (Å²) in [6.07, 6.45) is 20.1. The first-order chi connectivity index (χ1) is 23.3. The van der Waals surface area contributed by atoms with Crippen LogP contribution in [0.4, 0.5) is 0 Å². The molecule has 0 saturated carbocycles. The zero-order valence-corrected chi connectivity index (χ0v) is 31.4. The molecule has 0 atom stereocenters.